The number of halogens is 3. The fraction of sp³-hybridized carbons (Fsp3) is 0.273. The predicted molar refractivity (Wildman–Crippen MR) is 66.9 cm³/mol. The Morgan fingerprint density at radius 1 is 0.882 bits per heavy atom. The highest BCUT2D eigenvalue weighted by Crippen LogP contribution is 2.30. The Balaban J connectivity index is 2.79. The van der Waals surface area contributed by atoms with Gasteiger partial charge in [0.05, 0.1) is 11.1 Å². The summed E-state index contributed by atoms with van der Waals surface area (Å²) in [7, 11) is 0. The SMILES string of the molecule is O=C1NC(=O)c2c(CCl)c(CCl)cc(CCl)c21. The number of hydrogen-bond acceptors (Lipinski definition) is 2. The van der Waals surface area contributed by atoms with Gasteiger partial charge in [-0.25, -0.2) is 0 Å². The van der Waals surface area contributed by atoms with Crippen LogP contribution in [0.5, 0.6) is 0 Å². The van der Waals surface area contributed by atoms with Crippen molar-refractivity contribution in [1.82, 2.24) is 5.32 Å². The molecule has 0 saturated carbocycles. The van der Waals surface area contributed by atoms with Crippen LogP contribution in [0.2, 0.25) is 0 Å². The van der Waals surface area contributed by atoms with Crippen molar-refractivity contribution >= 4 is 46.6 Å². The van der Waals surface area contributed by atoms with Gasteiger partial charge in [-0.3, -0.25) is 14.9 Å². The molecule has 17 heavy (non-hydrogen) atoms. The summed E-state index contributed by atoms with van der Waals surface area (Å²) in [5.74, 6) is -0.351. The second-order valence-corrected chi connectivity index (χ2v) is 4.41. The summed E-state index contributed by atoms with van der Waals surface area (Å²) in [6.07, 6.45) is 0. The number of hydrogen-bond donors (Lipinski definition) is 1. The highest BCUT2D eigenvalue weighted by atomic mass is 35.5. The summed E-state index contributed by atoms with van der Waals surface area (Å²) < 4.78 is 0. The van der Waals surface area contributed by atoms with E-state index >= 15 is 0 Å². The van der Waals surface area contributed by atoms with Gasteiger partial charge < -0.3 is 0 Å². The Kier molecular flexibility index (Phi) is 3.61. The van der Waals surface area contributed by atoms with Gasteiger partial charge in [0.1, 0.15) is 0 Å². The normalized spacial score (nSPS) is 13.8. The van der Waals surface area contributed by atoms with E-state index in [1.54, 1.807) is 6.07 Å². The van der Waals surface area contributed by atoms with E-state index in [0.29, 0.717) is 22.3 Å². The topological polar surface area (TPSA) is 46.2 Å². The van der Waals surface area contributed by atoms with Crippen LogP contribution in [0, 0.1) is 0 Å². The van der Waals surface area contributed by atoms with Crippen molar-refractivity contribution in [2.24, 2.45) is 0 Å². The first-order valence-electron chi connectivity index (χ1n) is 4.85. The molecule has 0 fully saturated rings. The molecule has 2 amide bonds. The van der Waals surface area contributed by atoms with Gasteiger partial charge in [0.25, 0.3) is 11.8 Å². The number of carbonyl (C=O) groups is 2. The van der Waals surface area contributed by atoms with Crippen molar-refractivity contribution in [2.75, 3.05) is 0 Å². The van der Waals surface area contributed by atoms with Crippen LogP contribution < -0.4 is 5.32 Å². The summed E-state index contributed by atoms with van der Waals surface area (Å²) in [4.78, 5) is 23.4. The average Bonchev–Trinajstić information content (AvgIpc) is 2.63. The minimum atomic E-state index is -0.431. The van der Waals surface area contributed by atoms with E-state index in [4.69, 9.17) is 34.8 Å². The molecule has 0 aliphatic carbocycles. The van der Waals surface area contributed by atoms with Crippen LogP contribution >= 0.6 is 34.8 Å². The molecule has 1 N–H and O–H groups in total. The highest BCUT2D eigenvalue weighted by Gasteiger charge is 2.33. The molecule has 1 aromatic rings. The van der Waals surface area contributed by atoms with Crippen LogP contribution in [0.15, 0.2) is 6.07 Å². The summed E-state index contributed by atoms with van der Waals surface area (Å²) in [6, 6.07) is 1.73. The summed E-state index contributed by atoms with van der Waals surface area (Å²) in [5.41, 5.74) is 2.60. The molecule has 0 unspecified atom stereocenters. The van der Waals surface area contributed by atoms with Crippen molar-refractivity contribution in [2.45, 2.75) is 17.6 Å². The zero-order valence-corrected chi connectivity index (χ0v) is 10.9. The molecule has 90 valence electrons. The minimum absolute atomic E-state index is 0.133. The largest absolute Gasteiger partial charge is 0.288 e. The smallest absolute Gasteiger partial charge is 0.259 e. The van der Waals surface area contributed by atoms with Gasteiger partial charge in [-0.2, -0.15) is 0 Å². The van der Waals surface area contributed by atoms with Gasteiger partial charge in [-0.1, -0.05) is 6.07 Å². The lowest BCUT2D eigenvalue weighted by Crippen LogP contribution is -2.20. The Bertz CT molecular complexity index is 514. The van der Waals surface area contributed by atoms with Gasteiger partial charge >= 0.3 is 0 Å². The lowest BCUT2D eigenvalue weighted by molar-refractivity contribution is 0.0879. The third-order valence-corrected chi connectivity index (χ3v) is 3.55. The standard InChI is InChI=1S/C11H8Cl3NO2/c12-2-5-1-6(3-13)8-9(7(5)4-14)11(17)15-10(8)16/h1H,2-4H2,(H,15,16,17). The number of fused-ring (bicyclic) bond motifs is 1. The van der Waals surface area contributed by atoms with E-state index in [9.17, 15) is 9.59 Å². The zero-order chi connectivity index (χ0) is 12.6. The first-order valence-corrected chi connectivity index (χ1v) is 6.45. The average molecular weight is 293 g/mol. The third-order valence-electron chi connectivity index (χ3n) is 2.71. The lowest BCUT2D eigenvalue weighted by atomic mass is 9.94. The molecular formula is C11H8Cl3NO2. The van der Waals surface area contributed by atoms with Gasteiger partial charge in [0.2, 0.25) is 0 Å². The Hall–Kier alpha value is -0.770. The number of nitrogens with one attached hydrogen (secondary N) is 1. The summed E-state index contributed by atoms with van der Waals surface area (Å²) in [5, 5.41) is 2.24. The molecule has 6 heteroatoms. The van der Waals surface area contributed by atoms with Crippen molar-refractivity contribution < 1.29 is 9.59 Å². The fourth-order valence-electron chi connectivity index (χ4n) is 1.96. The van der Waals surface area contributed by atoms with Crippen molar-refractivity contribution in [3.63, 3.8) is 0 Å². The van der Waals surface area contributed by atoms with E-state index in [-0.39, 0.29) is 17.6 Å². The Morgan fingerprint density at radius 2 is 1.47 bits per heavy atom. The number of rotatable bonds is 3. The fourth-order valence-corrected chi connectivity index (χ4v) is 2.71. The second kappa shape index (κ2) is 4.84. The molecule has 3 nitrogen and oxygen atoms in total. The molecule has 0 aromatic heterocycles. The molecule has 1 aliphatic rings. The molecule has 1 heterocycles. The molecule has 1 aliphatic heterocycles. The van der Waals surface area contributed by atoms with Crippen LogP contribution in [-0.4, -0.2) is 11.8 Å². The van der Waals surface area contributed by atoms with Crippen LogP contribution in [0.4, 0.5) is 0 Å². The van der Waals surface area contributed by atoms with E-state index in [2.05, 4.69) is 5.32 Å². The second-order valence-electron chi connectivity index (χ2n) is 3.61. The quantitative estimate of drug-likeness (QED) is 0.688. The molecule has 2 rings (SSSR count). The maximum Gasteiger partial charge on any atom is 0.259 e. The maximum absolute atomic E-state index is 11.7. The molecular weight excluding hydrogens is 284 g/mol. The Labute approximate surface area is 113 Å². The first-order chi connectivity index (χ1) is 8.13. The predicted octanol–water partition coefficient (Wildman–Crippen LogP) is 2.79. The molecule has 0 atom stereocenters. The van der Waals surface area contributed by atoms with Crippen LogP contribution in [0.1, 0.15) is 37.4 Å². The number of amides is 2. The van der Waals surface area contributed by atoms with Gasteiger partial charge in [-0.15, -0.1) is 34.8 Å². The van der Waals surface area contributed by atoms with Gasteiger partial charge in [-0.05, 0) is 16.7 Å². The molecule has 0 saturated heterocycles. The molecule has 0 radical (unpaired) electrons. The first kappa shape index (κ1) is 12.7. The number of benzene rings is 1. The number of alkyl halides is 3. The van der Waals surface area contributed by atoms with Gasteiger partial charge in [0.15, 0.2) is 0 Å². The van der Waals surface area contributed by atoms with Crippen molar-refractivity contribution in [3.05, 3.63) is 33.9 Å². The van der Waals surface area contributed by atoms with Gasteiger partial charge in [0, 0.05) is 17.6 Å². The minimum Gasteiger partial charge on any atom is -0.288 e. The monoisotopic (exact) mass is 291 g/mol. The summed E-state index contributed by atoms with van der Waals surface area (Å²) >= 11 is 17.4. The highest BCUT2D eigenvalue weighted by molar-refractivity contribution is 6.26. The van der Waals surface area contributed by atoms with Crippen LogP contribution in [0.3, 0.4) is 0 Å². The Morgan fingerprint density at radius 3 is 2.00 bits per heavy atom. The van der Waals surface area contributed by atoms with Crippen LogP contribution in [0.25, 0.3) is 0 Å². The molecule has 0 bridgehead atoms. The molecule has 1 aromatic carbocycles. The third kappa shape index (κ3) is 1.92. The zero-order valence-electron chi connectivity index (χ0n) is 8.65. The van der Waals surface area contributed by atoms with Crippen LogP contribution in [-0.2, 0) is 17.6 Å². The maximum atomic E-state index is 11.7. The van der Waals surface area contributed by atoms with E-state index in [0.717, 1.165) is 5.56 Å². The van der Waals surface area contributed by atoms with Crippen molar-refractivity contribution in [3.8, 4) is 0 Å². The lowest BCUT2D eigenvalue weighted by Gasteiger charge is -2.11. The summed E-state index contributed by atoms with van der Waals surface area (Å²) in [6.45, 7) is 0. The number of carbonyl (C=O) groups excluding carboxylic acids is 2. The van der Waals surface area contributed by atoms with E-state index in [1.165, 1.54) is 0 Å². The van der Waals surface area contributed by atoms with Crippen molar-refractivity contribution in [1.29, 1.82) is 0 Å². The number of imide groups is 1. The van der Waals surface area contributed by atoms with E-state index in [1.807, 2.05) is 0 Å². The van der Waals surface area contributed by atoms with E-state index < -0.39 is 11.8 Å². The molecule has 0 spiro atoms.